The van der Waals surface area contributed by atoms with E-state index >= 15 is 0 Å². The quantitative estimate of drug-likeness (QED) is 0.742. The van der Waals surface area contributed by atoms with Gasteiger partial charge in [0.25, 0.3) is 0 Å². The lowest BCUT2D eigenvalue weighted by atomic mass is 10.1. The Morgan fingerprint density at radius 1 is 1.36 bits per heavy atom. The van der Waals surface area contributed by atoms with E-state index in [0.29, 0.717) is 0 Å². The Kier molecular flexibility index (Phi) is 2.79. The molecule has 2 rings (SSSR count). The van der Waals surface area contributed by atoms with E-state index in [9.17, 15) is 0 Å². The molecule has 0 aromatic heterocycles. The third-order valence-electron chi connectivity index (χ3n) is 2.64. The standard InChI is InChI=1S/C10H18O4/c1-10(2)13-8-6-7(4-3-5-11)12-9(8)14-10/h7-9,11H,3-6H2,1-2H3. The molecule has 3 unspecified atom stereocenters. The van der Waals surface area contributed by atoms with Crippen molar-refractivity contribution in [1.82, 2.24) is 0 Å². The molecule has 0 radical (unpaired) electrons. The van der Waals surface area contributed by atoms with Crippen LogP contribution in [-0.2, 0) is 14.2 Å². The lowest BCUT2D eigenvalue weighted by Crippen LogP contribution is -2.24. The summed E-state index contributed by atoms with van der Waals surface area (Å²) >= 11 is 0. The molecule has 2 fully saturated rings. The number of aliphatic hydroxyl groups is 1. The van der Waals surface area contributed by atoms with Gasteiger partial charge in [0.15, 0.2) is 12.1 Å². The number of aliphatic hydroxyl groups excluding tert-OH is 1. The summed E-state index contributed by atoms with van der Waals surface area (Å²) in [4.78, 5) is 0. The van der Waals surface area contributed by atoms with Gasteiger partial charge in [-0.3, -0.25) is 0 Å². The van der Waals surface area contributed by atoms with Crippen LogP contribution in [0.2, 0.25) is 0 Å². The number of ether oxygens (including phenoxy) is 3. The Morgan fingerprint density at radius 2 is 2.14 bits per heavy atom. The van der Waals surface area contributed by atoms with Crippen LogP contribution in [0.5, 0.6) is 0 Å². The Hall–Kier alpha value is -0.160. The van der Waals surface area contributed by atoms with E-state index in [4.69, 9.17) is 19.3 Å². The molecule has 0 aromatic rings. The molecule has 2 aliphatic rings. The van der Waals surface area contributed by atoms with Gasteiger partial charge in [-0.25, -0.2) is 0 Å². The first-order valence-electron chi connectivity index (χ1n) is 5.23. The van der Waals surface area contributed by atoms with Crippen LogP contribution in [0.1, 0.15) is 33.1 Å². The van der Waals surface area contributed by atoms with Crippen molar-refractivity contribution < 1.29 is 19.3 Å². The maximum atomic E-state index is 8.69. The molecule has 4 nitrogen and oxygen atoms in total. The van der Waals surface area contributed by atoms with Crippen molar-refractivity contribution in [2.24, 2.45) is 0 Å². The van der Waals surface area contributed by atoms with Gasteiger partial charge in [0.1, 0.15) is 6.10 Å². The number of rotatable bonds is 3. The molecule has 0 aromatic carbocycles. The first-order chi connectivity index (χ1) is 6.61. The summed E-state index contributed by atoms with van der Waals surface area (Å²) in [6.07, 6.45) is 2.62. The third-order valence-corrected chi connectivity index (χ3v) is 2.64. The van der Waals surface area contributed by atoms with Crippen molar-refractivity contribution in [1.29, 1.82) is 0 Å². The second kappa shape index (κ2) is 3.77. The third kappa shape index (κ3) is 2.08. The van der Waals surface area contributed by atoms with Crippen molar-refractivity contribution in [2.75, 3.05) is 6.61 Å². The highest BCUT2D eigenvalue weighted by atomic mass is 16.8. The zero-order valence-corrected chi connectivity index (χ0v) is 8.73. The van der Waals surface area contributed by atoms with Crippen molar-refractivity contribution in [2.45, 2.75) is 57.4 Å². The molecule has 82 valence electrons. The lowest BCUT2D eigenvalue weighted by Gasteiger charge is -2.20. The van der Waals surface area contributed by atoms with Crippen LogP contribution in [0.4, 0.5) is 0 Å². The Morgan fingerprint density at radius 3 is 2.79 bits per heavy atom. The molecule has 0 saturated carbocycles. The lowest BCUT2D eigenvalue weighted by molar-refractivity contribution is -0.205. The Bertz CT molecular complexity index is 188. The number of fused-ring (bicyclic) bond motifs is 1. The van der Waals surface area contributed by atoms with Crippen LogP contribution in [0, 0.1) is 0 Å². The van der Waals surface area contributed by atoms with Crippen LogP contribution in [0.25, 0.3) is 0 Å². The van der Waals surface area contributed by atoms with Gasteiger partial charge in [0.2, 0.25) is 0 Å². The molecule has 2 heterocycles. The van der Waals surface area contributed by atoms with Gasteiger partial charge >= 0.3 is 0 Å². The maximum absolute atomic E-state index is 8.69. The molecule has 2 saturated heterocycles. The molecule has 0 amide bonds. The molecule has 0 aliphatic carbocycles. The average Bonchev–Trinajstić information content (AvgIpc) is 2.53. The second-order valence-corrected chi connectivity index (χ2v) is 4.40. The summed E-state index contributed by atoms with van der Waals surface area (Å²) in [5.41, 5.74) is 0. The second-order valence-electron chi connectivity index (χ2n) is 4.40. The molecule has 4 heteroatoms. The predicted octanol–water partition coefficient (Wildman–Crippen LogP) is 1.03. The van der Waals surface area contributed by atoms with Gasteiger partial charge in [0, 0.05) is 13.0 Å². The molecular formula is C10H18O4. The van der Waals surface area contributed by atoms with Gasteiger partial charge in [-0.2, -0.15) is 0 Å². The summed E-state index contributed by atoms with van der Waals surface area (Å²) < 4.78 is 16.9. The number of hydrogen-bond donors (Lipinski definition) is 1. The van der Waals surface area contributed by atoms with E-state index in [2.05, 4.69) is 0 Å². The summed E-state index contributed by atoms with van der Waals surface area (Å²) in [5, 5.41) is 8.69. The Labute approximate surface area is 84.1 Å². The molecule has 0 bridgehead atoms. The molecule has 2 aliphatic heterocycles. The van der Waals surface area contributed by atoms with E-state index in [1.54, 1.807) is 0 Å². The van der Waals surface area contributed by atoms with E-state index in [1.165, 1.54) is 0 Å². The van der Waals surface area contributed by atoms with E-state index in [1.807, 2.05) is 13.8 Å². The van der Waals surface area contributed by atoms with Gasteiger partial charge in [-0.1, -0.05) is 0 Å². The average molecular weight is 202 g/mol. The molecule has 3 atom stereocenters. The van der Waals surface area contributed by atoms with Gasteiger partial charge < -0.3 is 19.3 Å². The minimum atomic E-state index is -0.503. The zero-order valence-electron chi connectivity index (χ0n) is 8.73. The highest BCUT2D eigenvalue weighted by molar-refractivity contribution is 4.84. The summed E-state index contributed by atoms with van der Waals surface area (Å²) in [6, 6.07) is 0. The summed E-state index contributed by atoms with van der Waals surface area (Å²) in [5.74, 6) is -0.503. The van der Waals surface area contributed by atoms with E-state index < -0.39 is 5.79 Å². The Balaban J connectivity index is 1.81. The maximum Gasteiger partial charge on any atom is 0.187 e. The molecule has 14 heavy (non-hydrogen) atoms. The van der Waals surface area contributed by atoms with Crippen LogP contribution >= 0.6 is 0 Å². The topological polar surface area (TPSA) is 47.9 Å². The first kappa shape index (κ1) is 10.4. The summed E-state index contributed by atoms with van der Waals surface area (Å²) in [6.45, 7) is 4.03. The zero-order chi connectivity index (χ0) is 10.2. The van der Waals surface area contributed by atoms with Crippen LogP contribution in [0.3, 0.4) is 0 Å². The highest BCUT2D eigenvalue weighted by Crippen LogP contribution is 2.37. The SMILES string of the molecule is CC1(C)OC2CC(CCCO)OC2O1. The van der Waals surface area contributed by atoms with Crippen molar-refractivity contribution in [3.63, 3.8) is 0 Å². The van der Waals surface area contributed by atoms with Crippen molar-refractivity contribution in [3.05, 3.63) is 0 Å². The number of hydrogen-bond acceptors (Lipinski definition) is 4. The summed E-state index contributed by atoms with van der Waals surface area (Å²) in [7, 11) is 0. The fraction of sp³-hybridized carbons (Fsp3) is 1.00. The fourth-order valence-electron chi connectivity index (χ4n) is 2.09. The molecular weight excluding hydrogens is 184 g/mol. The fourth-order valence-corrected chi connectivity index (χ4v) is 2.09. The van der Waals surface area contributed by atoms with Crippen molar-refractivity contribution in [3.8, 4) is 0 Å². The van der Waals surface area contributed by atoms with E-state index in [-0.39, 0.29) is 25.1 Å². The van der Waals surface area contributed by atoms with Crippen LogP contribution < -0.4 is 0 Å². The predicted molar refractivity (Wildman–Crippen MR) is 49.6 cm³/mol. The van der Waals surface area contributed by atoms with Crippen molar-refractivity contribution >= 4 is 0 Å². The van der Waals surface area contributed by atoms with E-state index in [0.717, 1.165) is 19.3 Å². The van der Waals surface area contributed by atoms with Crippen LogP contribution in [0.15, 0.2) is 0 Å². The molecule has 0 spiro atoms. The first-order valence-corrected chi connectivity index (χ1v) is 5.23. The van der Waals surface area contributed by atoms with Crippen LogP contribution in [-0.4, -0.2) is 36.0 Å². The smallest absolute Gasteiger partial charge is 0.187 e. The minimum Gasteiger partial charge on any atom is -0.396 e. The van der Waals surface area contributed by atoms with Gasteiger partial charge in [-0.05, 0) is 26.7 Å². The normalized spacial score (nSPS) is 40.1. The molecule has 1 N–H and O–H groups in total. The monoisotopic (exact) mass is 202 g/mol. The van der Waals surface area contributed by atoms with Gasteiger partial charge in [-0.15, -0.1) is 0 Å². The largest absolute Gasteiger partial charge is 0.396 e. The van der Waals surface area contributed by atoms with Gasteiger partial charge in [0.05, 0.1) is 6.10 Å². The highest BCUT2D eigenvalue weighted by Gasteiger charge is 2.48. The minimum absolute atomic E-state index is 0.0775.